The number of carbonyl (C=O) groups is 1. The second kappa shape index (κ2) is 6.54. The molecule has 128 valence electrons. The first-order valence-electron chi connectivity index (χ1n) is 7.81. The Balaban J connectivity index is 1.76. The fourth-order valence-corrected chi connectivity index (χ4v) is 3.97. The molecule has 0 fully saturated rings. The Kier molecular flexibility index (Phi) is 4.38. The van der Waals surface area contributed by atoms with Crippen LogP contribution in [0.2, 0.25) is 10.0 Å². The number of H-pyrrole nitrogens is 1. The van der Waals surface area contributed by atoms with Crippen molar-refractivity contribution in [2.24, 2.45) is 0 Å². The zero-order chi connectivity index (χ0) is 17.6. The molecule has 0 saturated carbocycles. The van der Waals surface area contributed by atoms with Crippen LogP contribution >= 0.6 is 35.0 Å². The summed E-state index contributed by atoms with van der Waals surface area (Å²) < 4.78 is 0. The molecule has 4 rings (SSSR count). The summed E-state index contributed by atoms with van der Waals surface area (Å²) in [5.41, 5.74) is 3.52. The van der Waals surface area contributed by atoms with Crippen LogP contribution in [0.3, 0.4) is 0 Å². The number of halogens is 3. The normalized spacial score (nSPS) is 16.9. The fourth-order valence-electron chi connectivity index (χ4n) is 3.38. The maximum atomic E-state index is 12.9. The molecule has 1 aliphatic rings. The first kappa shape index (κ1) is 16.7. The summed E-state index contributed by atoms with van der Waals surface area (Å²) in [7, 11) is 0. The predicted octanol–water partition coefficient (Wildman–Crippen LogP) is 4.92. The van der Waals surface area contributed by atoms with E-state index in [4.69, 9.17) is 35.0 Å². The van der Waals surface area contributed by atoms with Crippen molar-refractivity contribution in [1.29, 1.82) is 0 Å². The molecule has 1 unspecified atom stereocenters. The molecule has 1 aromatic heterocycles. The minimum atomic E-state index is -0.455. The quantitative estimate of drug-likeness (QED) is 0.606. The molecule has 4 nitrogen and oxygen atoms in total. The number of rotatable bonds is 2. The number of hydrogen-bond acceptors (Lipinski definition) is 2. The molecule has 0 spiro atoms. The molecule has 1 atom stereocenters. The lowest BCUT2D eigenvalue weighted by atomic mass is 10.0. The van der Waals surface area contributed by atoms with E-state index in [-0.39, 0.29) is 5.91 Å². The largest absolute Gasteiger partial charge is 0.355 e. The summed E-state index contributed by atoms with van der Waals surface area (Å²) in [6.45, 7) is 0.544. The molecule has 0 bridgehead atoms. The van der Waals surface area contributed by atoms with E-state index in [1.807, 2.05) is 18.2 Å². The van der Waals surface area contributed by atoms with E-state index in [1.54, 1.807) is 29.2 Å². The number of nitrogens with zero attached hydrogens (tertiary/aromatic N) is 1. The third-order valence-electron chi connectivity index (χ3n) is 4.52. The standard InChI is InChI=1S/C18H14Cl3N3O/c19-11-3-1-2-10(8-11)18(25)24-7-6-13-14-9-12(20)4-5-15(14)22-16(13)17(24)23-21/h1-5,8-9,17,22-23H,6-7H2. The second-order valence-electron chi connectivity index (χ2n) is 5.98. The minimum Gasteiger partial charge on any atom is -0.355 e. The van der Waals surface area contributed by atoms with Gasteiger partial charge in [0.2, 0.25) is 0 Å². The van der Waals surface area contributed by atoms with Crippen LogP contribution in [-0.4, -0.2) is 22.3 Å². The molecule has 3 aromatic rings. The summed E-state index contributed by atoms with van der Waals surface area (Å²) in [5, 5.41) is 2.27. The smallest absolute Gasteiger partial charge is 0.255 e. The molecule has 0 radical (unpaired) electrons. The number of aromatic nitrogens is 1. The van der Waals surface area contributed by atoms with E-state index < -0.39 is 6.17 Å². The van der Waals surface area contributed by atoms with Crippen molar-refractivity contribution in [2.75, 3.05) is 6.54 Å². The van der Waals surface area contributed by atoms with Gasteiger partial charge in [-0.15, -0.1) is 0 Å². The number of hydrogen-bond donors (Lipinski definition) is 2. The molecule has 0 saturated heterocycles. The zero-order valence-electron chi connectivity index (χ0n) is 13.0. The average molecular weight is 395 g/mol. The second-order valence-corrected chi connectivity index (χ2v) is 7.07. The summed E-state index contributed by atoms with van der Waals surface area (Å²) in [4.78, 5) is 20.7. The van der Waals surface area contributed by atoms with Crippen LogP contribution in [0.25, 0.3) is 10.9 Å². The van der Waals surface area contributed by atoms with Gasteiger partial charge in [-0.25, -0.2) is 4.84 Å². The topological polar surface area (TPSA) is 48.1 Å². The van der Waals surface area contributed by atoms with E-state index in [9.17, 15) is 4.79 Å². The third-order valence-corrected chi connectivity index (χ3v) is 5.20. The van der Waals surface area contributed by atoms with E-state index in [0.717, 1.165) is 28.6 Å². The Labute approximate surface area is 159 Å². The first-order chi connectivity index (χ1) is 12.1. The summed E-state index contributed by atoms with van der Waals surface area (Å²) in [6, 6.07) is 12.6. The van der Waals surface area contributed by atoms with Gasteiger partial charge < -0.3 is 9.88 Å². The van der Waals surface area contributed by atoms with Gasteiger partial charge in [0.1, 0.15) is 6.17 Å². The molecule has 0 aliphatic carbocycles. The van der Waals surface area contributed by atoms with Crippen molar-refractivity contribution >= 4 is 51.8 Å². The maximum absolute atomic E-state index is 12.9. The van der Waals surface area contributed by atoms with E-state index in [0.29, 0.717) is 22.2 Å². The van der Waals surface area contributed by atoms with E-state index >= 15 is 0 Å². The van der Waals surface area contributed by atoms with Gasteiger partial charge in [0, 0.05) is 33.1 Å². The summed E-state index contributed by atoms with van der Waals surface area (Å²) >= 11 is 18.2. The van der Waals surface area contributed by atoms with Crippen molar-refractivity contribution < 1.29 is 4.79 Å². The lowest BCUT2D eigenvalue weighted by molar-refractivity contribution is 0.0645. The van der Waals surface area contributed by atoms with Crippen LogP contribution < -0.4 is 4.84 Å². The third kappa shape index (κ3) is 2.89. The Hall–Kier alpha value is -1.72. The number of carbonyl (C=O) groups excluding carboxylic acids is 1. The molecule has 1 amide bonds. The average Bonchev–Trinajstić information content (AvgIpc) is 2.98. The van der Waals surface area contributed by atoms with Crippen LogP contribution in [0, 0.1) is 0 Å². The molecule has 1 aliphatic heterocycles. The van der Waals surface area contributed by atoms with Crippen molar-refractivity contribution in [3.8, 4) is 0 Å². The maximum Gasteiger partial charge on any atom is 0.255 e. The van der Waals surface area contributed by atoms with Crippen LogP contribution in [0.5, 0.6) is 0 Å². The van der Waals surface area contributed by atoms with Crippen LogP contribution in [0.1, 0.15) is 27.8 Å². The highest BCUT2D eigenvalue weighted by atomic mass is 35.5. The molecule has 2 N–H and O–H groups in total. The molecule has 25 heavy (non-hydrogen) atoms. The molecule has 2 aromatic carbocycles. The number of amides is 1. The van der Waals surface area contributed by atoms with Crippen LogP contribution in [0.15, 0.2) is 42.5 Å². The lowest BCUT2D eigenvalue weighted by Crippen LogP contribution is -2.44. The monoisotopic (exact) mass is 393 g/mol. The van der Waals surface area contributed by atoms with Gasteiger partial charge >= 0.3 is 0 Å². The number of nitrogens with one attached hydrogen (secondary N) is 2. The van der Waals surface area contributed by atoms with Gasteiger partial charge in [-0.2, -0.15) is 0 Å². The van der Waals surface area contributed by atoms with Gasteiger partial charge in [-0.1, -0.05) is 29.3 Å². The van der Waals surface area contributed by atoms with E-state index in [1.165, 1.54) is 0 Å². The number of aromatic amines is 1. The van der Waals surface area contributed by atoms with Crippen molar-refractivity contribution in [3.05, 3.63) is 69.3 Å². The molecule has 2 heterocycles. The van der Waals surface area contributed by atoms with Gasteiger partial charge in [-0.3, -0.25) is 4.79 Å². The van der Waals surface area contributed by atoms with Crippen molar-refractivity contribution in [3.63, 3.8) is 0 Å². The zero-order valence-corrected chi connectivity index (χ0v) is 15.3. The lowest BCUT2D eigenvalue weighted by Gasteiger charge is -2.34. The van der Waals surface area contributed by atoms with Gasteiger partial charge in [-0.05, 0) is 60.2 Å². The Bertz CT molecular complexity index is 969. The highest BCUT2D eigenvalue weighted by molar-refractivity contribution is 6.31. The highest BCUT2D eigenvalue weighted by Crippen LogP contribution is 2.35. The van der Waals surface area contributed by atoms with Gasteiger partial charge in [0.15, 0.2) is 0 Å². The number of fused-ring (bicyclic) bond motifs is 3. The van der Waals surface area contributed by atoms with Crippen molar-refractivity contribution in [2.45, 2.75) is 12.6 Å². The van der Waals surface area contributed by atoms with Crippen molar-refractivity contribution in [1.82, 2.24) is 14.7 Å². The summed E-state index contributed by atoms with van der Waals surface area (Å²) in [6.07, 6.45) is 0.264. The predicted molar refractivity (Wildman–Crippen MR) is 101 cm³/mol. The minimum absolute atomic E-state index is 0.122. The van der Waals surface area contributed by atoms with Gasteiger partial charge in [0.05, 0.1) is 5.69 Å². The molecular weight excluding hydrogens is 381 g/mol. The van der Waals surface area contributed by atoms with Crippen LogP contribution in [-0.2, 0) is 6.42 Å². The highest BCUT2D eigenvalue weighted by Gasteiger charge is 2.33. The van der Waals surface area contributed by atoms with Crippen LogP contribution in [0.4, 0.5) is 0 Å². The Morgan fingerprint density at radius 1 is 1.16 bits per heavy atom. The Morgan fingerprint density at radius 2 is 1.96 bits per heavy atom. The summed E-state index contributed by atoms with van der Waals surface area (Å²) in [5.74, 6) is -0.122. The molecular formula is C18H14Cl3N3O. The first-order valence-corrected chi connectivity index (χ1v) is 8.94. The number of benzene rings is 2. The van der Waals surface area contributed by atoms with E-state index in [2.05, 4.69) is 9.82 Å². The van der Waals surface area contributed by atoms with Gasteiger partial charge in [0.25, 0.3) is 5.91 Å². The fraction of sp³-hybridized carbons (Fsp3) is 0.167. The SMILES string of the molecule is O=C(c1cccc(Cl)c1)N1CCc2c([nH]c3ccc(Cl)cc23)C1NCl. The Morgan fingerprint density at radius 3 is 2.72 bits per heavy atom. The molecule has 7 heteroatoms.